The molecule has 0 radical (unpaired) electrons. The van der Waals surface area contributed by atoms with Crippen LogP contribution in [0.2, 0.25) is 0 Å². The van der Waals surface area contributed by atoms with Gasteiger partial charge in [-0.1, -0.05) is 78.9 Å². The number of hydrogen-bond donors (Lipinski definition) is 0. The molecular weight excluding hydrogens is 709 g/mol. The Hall–Kier alpha value is -6.66. The zero-order chi connectivity index (χ0) is 37.7. The van der Waals surface area contributed by atoms with Crippen LogP contribution in [0, 0.1) is 23.7 Å². The van der Waals surface area contributed by atoms with E-state index in [0.29, 0.717) is 11.2 Å². The lowest BCUT2D eigenvalue weighted by Crippen LogP contribution is -2.55. The summed E-state index contributed by atoms with van der Waals surface area (Å²) in [5.41, 5.74) is 15.8. The Morgan fingerprint density at radius 1 is 0.466 bits per heavy atom. The first-order valence-corrected chi connectivity index (χ1v) is 21.0. The van der Waals surface area contributed by atoms with E-state index in [4.69, 9.17) is 4.98 Å². The van der Waals surface area contributed by atoms with Crippen LogP contribution in [0.1, 0.15) is 43.2 Å². The van der Waals surface area contributed by atoms with Crippen molar-refractivity contribution < 1.29 is 0 Å². The predicted octanol–water partition coefficient (Wildman–Crippen LogP) is 12.0. The Bertz CT molecular complexity index is 3350. The lowest BCUT2D eigenvalue weighted by atomic mass is 9.43. The molecule has 15 rings (SSSR count). The molecule has 4 bridgehead atoms. The standard InChI is InChI=1S/C52H38N6/c1-4-10-43-37(7-1)38-16-15-36(28-44(38)52(43)34-22-30-21-31(24-34)25-35(52)23-30)57-45-11-5-2-8-39(45)41-26-32(13-17-47(41)57)33-14-18-48-42(27-33)40-9-3-6-12-46(40)58(48)51-49-50(55-29-56-51)54-20-19-53-49/h1-20,26-31,34-35H,21-25H2. The van der Waals surface area contributed by atoms with Crippen LogP contribution >= 0.6 is 0 Å². The van der Waals surface area contributed by atoms with Crippen molar-refractivity contribution in [2.75, 3.05) is 0 Å². The molecule has 5 aliphatic rings. The third-order valence-corrected chi connectivity index (χ3v) is 14.9. The van der Waals surface area contributed by atoms with Crippen molar-refractivity contribution in [2.45, 2.75) is 37.5 Å². The van der Waals surface area contributed by atoms with E-state index in [1.807, 2.05) is 0 Å². The lowest BCUT2D eigenvalue weighted by molar-refractivity contribution is -0.0399. The zero-order valence-electron chi connectivity index (χ0n) is 31.9. The van der Waals surface area contributed by atoms with Gasteiger partial charge in [0.1, 0.15) is 6.33 Å². The molecule has 1 spiro atoms. The number of benzene rings is 6. The van der Waals surface area contributed by atoms with Crippen molar-refractivity contribution in [2.24, 2.45) is 23.7 Å². The van der Waals surface area contributed by atoms with Crippen LogP contribution in [-0.2, 0) is 5.41 Å². The molecule has 58 heavy (non-hydrogen) atoms. The van der Waals surface area contributed by atoms with Crippen LogP contribution in [0.4, 0.5) is 0 Å². The Kier molecular flexibility index (Phi) is 6.10. The maximum Gasteiger partial charge on any atom is 0.183 e. The number of rotatable bonds is 3. The van der Waals surface area contributed by atoms with E-state index in [1.54, 1.807) is 29.8 Å². The molecule has 6 nitrogen and oxygen atoms in total. The summed E-state index contributed by atoms with van der Waals surface area (Å²) in [6, 6.07) is 48.3. The van der Waals surface area contributed by atoms with Gasteiger partial charge in [0, 0.05) is 45.0 Å². The van der Waals surface area contributed by atoms with E-state index in [1.165, 1.54) is 92.6 Å². The first-order chi connectivity index (χ1) is 28.7. The molecule has 276 valence electrons. The second-order valence-electron chi connectivity index (χ2n) is 17.5. The highest BCUT2D eigenvalue weighted by atomic mass is 15.1. The molecule has 4 aromatic heterocycles. The first kappa shape index (κ1) is 31.4. The monoisotopic (exact) mass is 746 g/mol. The molecular formula is C52H38N6. The molecule has 4 heterocycles. The van der Waals surface area contributed by atoms with Crippen LogP contribution in [-0.4, -0.2) is 29.1 Å². The van der Waals surface area contributed by atoms with Crippen LogP contribution in [0.15, 0.2) is 146 Å². The summed E-state index contributed by atoms with van der Waals surface area (Å²) >= 11 is 0. The fourth-order valence-corrected chi connectivity index (χ4v) is 13.0. The SMILES string of the molecule is c1ccc2c(c1)-c1ccc(-n3c4ccccc4c4cc(-c5ccc6c(c5)c5ccccc5n6-c5ncnc6nccnc56)ccc43)cc1C21C2CC3CC(C2)CC1C3. The molecule has 4 fully saturated rings. The molecule has 0 saturated heterocycles. The Morgan fingerprint density at radius 3 is 1.81 bits per heavy atom. The highest BCUT2D eigenvalue weighted by Gasteiger charge is 2.61. The highest BCUT2D eigenvalue weighted by molar-refractivity contribution is 6.13. The third kappa shape index (κ3) is 3.97. The van der Waals surface area contributed by atoms with Crippen LogP contribution in [0.5, 0.6) is 0 Å². The molecule has 0 atom stereocenters. The minimum Gasteiger partial charge on any atom is -0.309 e. The number of nitrogens with zero attached hydrogens (tertiary/aromatic N) is 6. The van der Waals surface area contributed by atoms with Crippen molar-refractivity contribution in [1.82, 2.24) is 29.1 Å². The van der Waals surface area contributed by atoms with E-state index in [9.17, 15) is 0 Å². The molecule has 0 unspecified atom stereocenters. The fraction of sp³-hybridized carbons (Fsp3) is 0.192. The van der Waals surface area contributed by atoms with Crippen molar-refractivity contribution in [3.05, 3.63) is 157 Å². The van der Waals surface area contributed by atoms with E-state index >= 15 is 0 Å². The Morgan fingerprint density at radius 2 is 1.07 bits per heavy atom. The summed E-state index contributed by atoms with van der Waals surface area (Å²) in [6.45, 7) is 0. The van der Waals surface area contributed by atoms with Crippen molar-refractivity contribution in [3.63, 3.8) is 0 Å². The molecule has 5 aliphatic carbocycles. The molecule has 0 amide bonds. The van der Waals surface area contributed by atoms with Gasteiger partial charge in [0.05, 0.1) is 22.1 Å². The number of para-hydroxylation sites is 2. The Labute approximate surface area is 334 Å². The number of fused-ring (bicyclic) bond motifs is 10. The van der Waals surface area contributed by atoms with Crippen LogP contribution in [0.25, 0.3) is 88.5 Å². The Balaban J connectivity index is 0.939. The van der Waals surface area contributed by atoms with Gasteiger partial charge >= 0.3 is 0 Å². The van der Waals surface area contributed by atoms with Gasteiger partial charge in [-0.2, -0.15) is 0 Å². The second kappa shape index (κ2) is 11.3. The summed E-state index contributed by atoms with van der Waals surface area (Å²) in [5.74, 6) is 4.06. The van der Waals surface area contributed by atoms with Gasteiger partial charge in [-0.15, -0.1) is 0 Å². The van der Waals surface area contributed by atoms with Crippen LogP contribution < -0.4 is 0 Å². The summed E-state index contributed by atoms with van der Waals surface area (Å²) in [6.07, 6.45) is 12.0. The molecule has 0 N–H and O–H groups in total. The smallest absolute Gasteiger partial charge is 0.183 e. The second-order valence-corrected chi connectivity index (χ2v) is 17.5. The van der Waals surface area contributed by atoms with Crippen molar-refractivity contribution in [1.29, 1.82) is 0 Å². The predicted molar refractivity (Wildman–Crippen MR) is 233 cm³/mol. The van der Waals surface area contributed by atoms with Gasteiger partial charge in [0.2, 0.25) is 0 Å². The fourth-order valence-electron chi connectivity index (χ4n) is 13.0. The minimum absolute atomic E-state index is 0.136. The molecule has 6 aromatic carbocycles. The summed E-state index contributed by atoms with van der Waals surface area (Å²) in [7, 11) is 0. The molecule has 0 aliphatic heterocycles. The largest absolute Gasteiger partial charge is 0.309 e. The zero-order valence-corrected chi connectivity index (χ0v) is 31.9. The summed E-state index contributed by atoms with van der Waals surface area (Å²) in [4.78, 5) is 18.2. The van der Waals surface area contributed by atoms with Gasteiger partial charge < -0.3 is 4.57 Å². The third-order valence-electron chi connectivity index (χ3n) is 14.9. The van der Waals surface area contributed by atoms with Gasteiger partial charge in [-0.05, 0) is 138 Å². The van der Waals surface area contributed by atoms with E-state index in [0.717, 1.165) is 40.5 Å². The average molecular weight is 747 g/mol. The average Bonchev–Trinajstić information content (AvgIpc) is 3.88. The summed E-state index contributed by atoms with van der Waals surface area (Å²) in [5, 5.41) is 4.89. The lowest BCUT2D eigenvalue weighted by Gasteiger charge is -2.61. The van der Waals surface area contributed by atoms with Gasteiger partial charge in [0.15, 0.2) is 17.0 Å². The number of aromatic nitrogens is 6. The van der Waals surface area contributed by atoms with E-state index in [-0.39, 0.29) is 5.41 Å². The normalized spacial score (nSPS) is 22.9. The van der Waals surface area contributed by atoms with E-state index < -0.39 is 0 Å². The van der Waals surface area contributed by atoms with Gasteiger partial charge in [0.25, 0.3) is 0 Å². The van der Waals surface area contributed by atoms with Gasteiger partial charge in [-0.3, -0.25) is 4.57 Å². The number of hydrogen-bond acceptors (Lipinski definition) is 4. The topological polar surface area (TPSA) is 61.4 Å². The highest BCUT2D eigenvalue weighted by Crippen LogP contribution is 2.69. The molecule has 4 saturated carbocycles. The van der Waals surface area contributed by atoms with Crippen LogP contribution in [0.3, 0.4) is 0 Å². The first-order valence-electron chi connectivity index (χ1n) is 21.0. The van der Waals surface area contributed by atoms with Crippen molar-refractivity contribution >= 4 is 54.8 Å². The van der Waals surface area contributed by atoms with Gasteiger partial charge in [-0.25, -0.2) is 19.9 Å². The van der Waals surface area contributed by atoms with E-state index in [2.05, 4.69) is 151 Å². The maximum absolute atomic E-state index is 4.74. The quantitative estimate of drug-likeness (QED) is 0.181. The molecule has 6 heteroatoms. The minimum atomic E-state index is 0.136. The maximum atomic E-state index is 4.74. The molecule has 10 aromatic rings. The summed E-state index contributed by atoms with van der Waals surface area (Å²) < 4.78 is 4.74. The van der Waals surface area contributed by atoms with Crippen molar-refractivity contribution in [3.8, 4) is 33.8 Å².